The van der Waals surface area contributed by atoms with Crippen LogP contribution in [0.2, 0.25) is 0 Å². The second kappa shape index (κ2) is 3.48. The summed E-state index contributed by atoms with van der Waals surface area (Å²) in [6, 6.07) is 0. The van der Waals surface area contributed by atoms with Gasteiger partial charge in [0.25, 0.3) is 0 Å². The minimum absolute atomic E-state index is 0.0201. The summed E-state index contributed by atoms with van der Waals surface area (Å²) in [7, 11) is 9.31. The average Bonchev–Trinajstić information content (AvgIpc) is 1.85. The number of hydrogen-bond acceptors (Lipinski definition) is 3. The Morgan fingerprint density at radius 1 is 1.10 bits per heavy atom. The van der Waals surface area contributed by atoms with Crippen LogP contribution < -0.4 is 4.98 Å². The van der Waals surface area contributed by atoms with Crippen LogP contribution in [0.25, 0.3) is 0 Å². The summed E-state index contributed by atoms with van der Waals surface area (Å²) in [5.74, 6) is 0.0201. The molecule has 0 atom stereocenters. The number of hydrogen-bond donors (Lipinski definition) is 1. The third-order valence-electron chi connectivity index (χ3n) is 2.22. The fourth-order valence-corrected chi connectivity index (χ4v) is 1.74. The molecular formula is C6H19N3Si. The Morgan fingerprint density at radius 2 is 1.40 bits per heavy atom. The third-order valence-corrected chi connectivity index (χ3v) is 3.16. The molecule has 0 spiro atoms. The van der Waals surface area contributed by atoms with Crippen molar-refractivity contribution in [1.82, 2.24) is 14.8 Å². The monoisotopic (exact) mass is 161 g/mol. The first-order valence-corrected chi connectivity index (χ1v) is 4.49. The largest absolute Gasteiger partial charge is 0.317 e. The molecule has 0 aliphatic rings. The molecule has 0 saturated carbocycles. The van der Waals surface area contributed by atoms with Crippen LogP contribution in [0.3, 0.4) is 0 Å². The Balaban J connectivity index is 4.23. The lowest BCUT2D eigenvalue weighted by Gasteiger charge is -2.42. The van der Waals surface area contributed by atoms with Gasteiger partial charge in [-0.1, -0.05) is 0 Å². The highest BCUT2D eigenvalue weighted by Crippen LogP contribution is 2.07. The molecule has 0 aromatic rings. The Hall–Kier alpha value is 0.0969. The molecule has 62 valence electrons. The van der Waals surface area contributed by atoms with Crippen LogP contribution in [0.1, 0.15) is 6.92 Å². The third kappa shape index (κ3) is 1.79. The number of nitrogens with zero attached hydrogens (tertiary/aromatic N) is 2. The van der Waals surface area contributed by atoms with E-state index < -0.39 is 0 Å². The molecule has 10 heavy (non-hydrogen) atoms. The van der Waals surface area contributed by atoms with Gasteiger partial charge >= 0.3 is 0 Å². The van der Waals surface area contributed by atoms with E-state index in [1.807, 2.05) is 0 Å². The Kier molecular flexibility index (Phi) is 3.51. The molecule has 0 heterocycles. The van der Waals surface area contributed by atoms with E-state index in [-0.39, 0.29) is 5.79 Å². The maximum atomic E-state index is 3.37. The molecule has 0 bridgehead atoms. The first kappa shape index (κ1) is 10.1. The fraction of sp³-hybridized carbons (Fsp3) is 1.00. The lowest BCUT2D eigenvalue weighted by Crippen LogP contribution is -2.61. The predicted molar refractivity (Wildman–Crippen MR) is 48.9 cm³/mol. The molecule has 3 nitrogen and oxygen atoms in total. The maximum Gasteiger partial charge on any atom is 0.117 e. The molecule has 0 aromatic carbocycles. The van der Waals surface area contributed by atoms with Crippen molar-refractivity contribution in [2.24, 2.45) is 0 Å². The van der Waals surface area contributed by atoms with Gasteiger partial charge in [-0.05, 0) is 35.1 Å². The van der Waals surface area contributed by atoms with Gasteiger partial charge in [-0.2, -0.15) is 0 Å². The van der Waals surface area contributed by atoms with Crippen LogP contribution in [0.4, 0.5) is 0 Å². The van der Waals surface area contributed by atoms with Gasteiger partial charge in [0.15, 0.2) is 0 Å². The highest BCUT2D eigenvalue weighted by molar-refractivity contribution is 6.04. The van der Waals surface area contributed by atoms with Gasteiger partial charge in [0.2, 0.25) is 0 Å². The molecule has 0 fully saturated rings. The van der Waals surface area contributed by atoms with E-state index >= 15 is 0 Å². The van der Waals surface area contributed by atoms with Crippen molar-refractivity contribution < 1.29 is 0 Å². The summed E-state index contributed by atoms with van der Waals surface area (Å²) in [6.45, 7) is 2.17. The maximum absolute atomic E-state index is 3.37. The zero-order valence-electron chi connectivity index (χ0n) is 7.89. The van der Waals surface area contributed by atoms with Crippen LogP contribution in [0.15, 0.2) is 0 Å². The van der Waals surface area contributed by atoms with E-state index in [2.05, 4.69) is 49.9 Å². The summed E-state index contributed by atoms with van der Waals surface area (Å²) in [4.78, 5) is 7.70. The Morgan fingerprint density at radius 3 is 1.40 bits per heavy atom. The standard InChI is InChI=1S/C6H19N3Si/c1-6(7-10,8(2)3)9(4)5/h7H,1-5,10H3. The highest BCUT2D eigenvalue weighted by atomic mass is 28.2. The van der Waals surface area contributed by atoms with Crippen molar-refractivity contribution >= 4 is 10.4 Å². The van der Waals surface area contributed by atoms with Crippen LogP contribution >= 0.6 is 0 Å². The summed E-state index contributed by atoms with van der Waals surface area (Å²) < 4.78 is 0. The van der Waals surface area contributed by atoms with Crippen LogP contribution in [0.5, 0.6) is 0 Å². The lowest BCUT2D eigenvalue weighted by molar-refractivity contribution is 0.0109. The quantitative estimate of drug-likeness (QED) is 0.408. The molecule has 0 aliphatic heterocycles. The predicted octanol–water partition coefficient (Wildman–Crippen LogP) is -1.35. The Labute approximate surface area is 66.9 Å². The first-order chi connectivity index (χ1) is 4.45. The molecule has 0 radical (unpaired) electrons. The SMILES string of the molecule is CN(C)C(C)(N[SiH3])N(C)C. The second-order valence-corrected chi connectivity index (χ2v) is 3.56. The summed E-state index contributed by atoms with van der Waals surface area (Å²) in [5, 5.41) is 0. The number of rotatable bonds is 3. The fourth-order valence-electron chi connectivity index (χ4n) is 0.847. The Bertz CT molecular complexity index is 95.2. The van der Waals surface area contributed by atoms with Crippen molar-refractivity contribution in [3.05, 3.63) is 0 Å². The molecule has 1 N–H and O–H groups in total. The molecule has 0 saturated heterocycles. The van der Waals surface area contributed by atoms with Gasteiger partial charge in [0.05, 0.1) is 10.4 Å². The topological polar surface area (TPSA) is 18.5 Å². The van der Waals surface area contributed by atoms with Gasteiger partial charge in [-0.15, -0.1) is 0 Å². The van der Waals surface area contributed by atoms with Crippen molar-refractivity contribution in [2.45, 2.75) is 12.7 Å². The molecule has 0 rings (SSSR count). The lowest BCUT2D eigenvalue weighted by atomic mass is 10.3. The average molecular weight is 161 g/mol. The zero-order chi connectivity index (χ0) is 8.36. The zero-order valence-corrected chi connectivity index (χ0v) is 9.89. The van der Waals surface area contributed by atoms with Gasteiger partial charge < -0.3 is 4.98 Å². The summed E-state index contributed by atoms with van der Waals surface area (Å²) in [6.07, 6.45) is 0. The van der Waals surface area contributed by atoms with E-state index in [1.165, 1.54) is 0 Å². The first-order valence-electron chi connectivity index (χ1n) is 3.49. The van der Waals surface area contributed by atoms with Crippen LogP contribution in [0, 0.1) is 0 Å². The van der Waals surface area contributed by atoms with E-state index in [1.54, 1.807) is 0 Å². The van der Waals surface area contributed by atoms with Crippen LogP contribution in [-0.4, -0.2) is 54.2 Å². The summed E-state index contributed by atoms with van der Waals surface area (Å²) in [5.41, 5.74) is 0. The van der Waals surface area contributed by atoms with Crippen molar-refractivity contribution in [1.29, 1.82) is 0 Å². The van der Waals surface area contributed by atoms with Crippen LogP contribution in [-0.2, 0) is 0 Å². The smallest absolute Gasteiger partial charge is 0.117 e. The number of nitrogens with one attached hydrogen (secondary N) is 1. The van der Waals surface area contributed by atoms with E-state index in [0.29, 0.717) is 0 Å². The van der Waals surface area contributed by atoms with Crippen molar-refractivity contribution in [2.75, 3.05) is 28.2 Å². The normalized spacial score (nSPS) is 13.5. The minimum Gasteiger partial charge on any atom is -0.317 e. The van der Waals surface area contributed by atoms with E-state index in [4.69, 9.17) is 0 Å². The highest BCUT2D eigenvalue weighted by Gasteiger charge is 2.25. The van der Waals surface area contributed by atoms with E-state index in [0.717, 1.165) is 10.4 Å². The molecule has 0 aromatic heterocycles. The second-order valence-electron chi connectivity index (χ2n) is 3.06. The molecule has 4 heteroatoms. The van der Waals surface area contributed by atoms with Gasteiger partial charge in [0.1, 0.15) is 5.79 Å². The van der Waals surface area contributed by atoms with Gasteiger partial charge in [0, 0.05) is 0 Å². The van der Waals surface area contributed by atoms with Crippen molar-refractivity contribution in [3.63, 3.8) is 0 Å². The molecular weight excluding hydrogens is 142 g/mol. The molecule has 0 amide bonds. The van der Waals surface area contributed by atoms with Crippen molar-refractivity contribution in [3.8, 4) is 0 Å². The van der Waals surface area contributed by atoms with Gasteiger partial charge in [-0.3, -0.25) is 9.80 Å². The molecule has 0 aliphatic carbocycles. The molecule has 0 unspecified atom stereocenters. The van der Waals surface area contributed by atoms with E-state index in [9.17, 15) is 0 Å². The minimum atomic E-state index is 0.0201. The van der Waals surface area contributed by atoms with Gasteiger partial charge in [-0.25, -0.2) is 0 Å². The summed E-state index contributed by atoms with van der Waals surface area (Å²) >= 11 is 0.